The van der Waals surface area contributed by atoms with Gasteiger partial charge in [-0.1, -0.05) is 30.3 Å². The summed E-state index contributed by atoms with van der Waals surface area (Å²) in [7, 11) is 1.80. The van der Waals surface area contributed by atoms with Crippen LogP contribution in [0.1, 0.15) is 32.8 Å². The maximum atomic E-state index is 12.3. The quantitative estimate of drug-likeness (QED) is 0.923. The highest BCUT2D eigenvalue weighted by molar-refractivity contribution is 5.92. The first-order valence-electron chi connectivity index (χ1n) is 7.39. The lowest BCUT2D eigenvalue weighted by Crippen LogP contribution is -2.42. The van der Waals surface area contributed by atoms with E-state index in [1.807, 2.05) is 51.1 Å². The van der Waals surface area contributed by atoms with Crippen LogP contribution in [0.2, 0.25) is 0 Å². The molecule has 2 unspecified atom stereocenters. The van der Waals surface area contributed by atoms with E-state index >= 15 is 0 Å². The van der Waals surface area contributed by atoms with Gasteiger partial charge < -0.3 is 10.2 Å². The van der Waals surface area contributed by atoms with Gasteiger partial charge in [0.25, 0.3) is 0 Å². The van der Waals surface area contributed by atoms with Crippen LogP contribution in [-0.4, -0.2) is 29.3 Å². The molecule has 2 amide bonds. The molecule has 2 rings (SSSR count). The summed E-state index contributed by atoms with van der Waals surface area (Å²) in [6.07, 6.45) is 0.667. The van der Waals surface area contributed by atoms with Crippen molar-refractivity contribution >= 4 is 11.8 Å². The molecule has 0 aliphatic heterocycles. The number of carbonyl (C=O) groups excluding carboxylic acids is 2. The molecule has 0 spiro atoms. The van der Waals surface area contributed by atoms with E-state index in [1.165, 1.54) is 0 Å². The Morgan fingerprint density at radius 3 is 2.38 bits per heavy atom. The van der Waals surface area contributed by atoms with Crippen molar-refractivity contribution in [2.45, 2.75) is 39.3 Å². The minimum absolute atomic E-state index is 0.00559. The summed E-state index contributed by atoms with van der Waals surface area (Å²) in [5.41, 5.74) is 0.855. The molecule has 0 bridgehead atoms. The normalized spacial score (nSPS) is 20.8. The first-order valence-corrected chi connectivity index (χ1v) is 7.39. The molecule has 4 nitrogen and oxygen atoms in total. The van der Waals surface area contributed by atoms with E-state index in [2.05, 4.69) is 5.32 Å². The Labute approximate surface area is 126 Å². The van der Waals surface area contributed by atoms with Gasteiger partial charge in [0.15, 0.2) is 0 Å². The molecule has 4 heteroatoms. The number of hydrogen-bond donors (Lipinski definition) is 1. The molecule has 1 saturated carbocycles. The lowest BCUT2D eigenvalue weighted by atomic mass is 10.1. The average Bonchev–Trinajstić information content (AvgIpc) is 3.17. The molecule has 2 atom stereocenters. The zero-order chi connectivity index (χ0) is 15.6. The molecule has 0 saturated heterocycles. The summed E-state index contributed by atoms with van der Waals surface area (Å²) in [5.74, 6) is -0.252. The maximum absolute atomic E-state index is 12.3. The number of hydrogen-bond acceptors (Lipinski definition) is 2. The van der Waals surface area contributed by atoms with Crippen LogP contribution in [0.15, 0.2) is 30.3 Å². The van der Waals surface area contributed by atoms with Crippen molar-refractivity contribution in [1.82, 2.24) is 10.2 Å². The van der Waals surface area contributed by atoms with Crippen molar-refractivity contribution < 1.29 is 9.59 Å². The van der Waals surface area contributed by atoms with E-state index in [4.69, 9.17) is 0 Å². The average molecular weight is 288 g/mol. The van der Waals surface area contributed by atoms with Gasteiger partial charge in [0.1, 0.15) is 0 Å². The third-order valence-corrected chi connectivity index (χ3v) is 3.58. The fourth-order valence-electron chi connectivity index (χ4n) is 2.44. The number of rotatable bonds is 4. The van der Waals surface area contributed by atoms with E-state index in [0.29, 0.717) is 13.0 Å². The Balaban J connectivity index is 1.86. The standard InChI is InChI=1S/C17H24N2O2/c1-17(2,3)18-15(20)13-10-14(13)16(21)19(4)11-12-8-6-5-7-9-12/h5-9,13-14H,10-11H2,1-4H3,(H,18,20). The van der Waals surface area contributed by atoms with Crippen molar-refractivity contribution in [2.24, 2.45) is 11.8 Å². The molecule has 0 radical (unpaired) electrons. The van der Waals surface area contributed by atoms with Crippen LogP contribution >= 0.6 is 0 Å². The van der Waals surface area contributed by atoms with Crippen molar-refractivity contribution in [3.63, 3.8) is 0 Å². The molecule has 1 aliphatic rings. The number of benzene rings is 1. The van der Waals surface area contributed by atoms with Gasteiger partial charge in [-0.05, 0) is 32.8 Å². The largest absolute Gasteiger partial charge is 0.351 e. The molecule has 0 heterocycles. The lowest BCUT2D eigenvalue weighted by Gasteiger charge is -2.21. The molecule has 1 aromatic carbocycles. The maximum Gasteiger partial charge on any atom is 0.226 e. The Hall–Kier alpha value is -1.84. The second kappa shape index (κ2) is 5.88. The van der Waals surface area contributed by atoms with Gasteiger partial charge in [-0.15, -0.1) is 0 Å². The second-order valence-corrected chi connectivity index (χ2v) is 6.87. The first kappa shape index (κ1) is 15.5. The van der Waals surface area contributed by atoms with Crippen LogP contribution in [0.3, 0.4) is 0 Å². The van der Waals surface area contributed by atoms with Crippen LogP contribution in [0.5, 0.6) is 0 Å². The van der Waals surface area contributed by atoms with Crippen LogP contribution in [0.4, 0.5) is 0 Å². The zero-order valence-corrected chi connectivity index (χ0v) is 13.2. The van der Waals surface area contributed by atoms with Gasteiger partial charge in [-0.25, -0.2) is 0 Å². The number of nitrogens with one attached hydrogen (secondary N) is 1. The van der Waals surface area contributed by atoms with Crippen molar-refractivity contribution in [1.29, 1.82) is 0 Å². The Kier molecular flexibility index (Phi) is 4.35. The van der Waals surface area contributed by atoms with Gasteiger partial charge in [0.05, 0.1) is 11.8 Å². The first-order chi connectivity index (χ1) is 9.78. The molecular weight excluding hydrogens is 264 g/mol. The monoisotopic (exact) mass is 288 g/mol. The smallest absolute Gasteiger partial charge is 0.226 e. The highest BCUT2D eigenvalue weighted by Gasteiger charge is 2.49. The fraction of sp³-hybridized carbons (Fsp3) is 0.529. The van der Waals surface area contributed by atoms with Gasteiger partial charge >= 0.3 is 0 Å². The number of carbonyl (C=O) groups is 2. The highest BCUT2D eigenvalue weighted by atomic mass is 16.2. The van der Waals surface area contributed by atoms with Gasteiger partial charge in [0, 0.05) is 19.1 Å². The second-order valence-electron chi connectivity index (χ2n) is 6.87. The molecule has 1 N–H and O–H groups in total. The van der Waals surface area contributed by atoms with Crippen molar-refractivity contribution in [2.75, 3.05) is 7.05 Å². The number of nitrogens with zero attached hydrogens (tertiary/aromatic N) is 1. The summed E-state index contributed by atoms with van der Waals surface area (Å²) >= 11 is 0. The molecule has 114 valence electrons. The Morgan fingerprint density at radius 2 is 1.81 bits per heavy atom. The minimum atomic E-state index is -0.247. The lowest BCUT2D eigenvalue weighted by molar-refractivity contribution is -0.134. The third kappa shape index (κ3) is 4.31. The molecule has 1 aliphatic carbocycles. The van der Waals surface area contributed by atoms with Crippen LogP contribution < -0.4 is 5.32 Å². The Morgan fingerprint density at radius 1 is 1.19 bits per heavy atom. The SMILES string of the molecule is CN(Cc1ccccc1)C(=O)C1CC1C(=O)NC(C)(C)C. The van der Waals surface area contributed by atoms with E-state index in [0.717, 1.165) is 5.56 Å². The predicted molar refractivity (Wildman–Crippen MR) is 82.4 cm³/mol. The van der Waals surface area contributed by atoms with Crippen molar-refractivity contribution in [3.8, 4) is 0 Å². The van der Waals surface area contributed by atoms with E-state index < -0.39 is 0 Å². The number of amides is 2. The van der Waals surface area contributed by atoms with Gasteiger partial charge in [-0.2, -0.15) is 0 Å². The minimum Gasteiger partial charge on any atom is -0.351 e. The van der Waals surface area contributed by atoms with Gasteiger partial charge in [0.2, 0.25) is 11.8 Å². The van der Waals surface area contributed by atoms with E-state index in [-0.39, 0.29) is 29.2 Å². The third-order valence-electron chi connectivity index (χ3n) is 3.58. The highest BCUT2D eigenvalue weighted by Crippen LogP contribution is 2.40. The molecule has 1 aromatic rings. The predicted octanol–water partition coefficient (Wildman–Crippen LogP) is 2.20. The van der Waals surface area contributed by atoms with Crippen LogP contribution in [0, 0.1) is 11.8 Å². The van der Waals surface area contributed by atoms with Crippen molar-refractivity contribution in [3.05, 3.63) is 35.9 Å². The van der Waals surface area contributed by atoms with E-state index in [9.17, 15) is 9.59 Å². The summed E-state index contributed by atoms with van der Waals surface area (Å²) in [6, 6.07) is 9.88. The summed E-state index contributed by atoms with van der Waals surface area (Å²) in [4.78, 5) is 26.1. The summed E-state index contributed by atoms with van der Waals surface area (Å²) < 4.78 is 0. The molecule has 21 heavy (non-hydrogen) atoms. The van der Waals surface area contributed by atoms with E-state index in [1.54, 1.807) is 11.9 Å². The fourth-order valence-corrected chi connectivity index (χ4v) is 2.44. The zero-order valence-electron chi connectivity index (χ0n) is 13.2. The van der Waals surface area contributed by atoms with Crippen LogP contribution in [-0.2, 0) is 16.1 Å². The molecule has 1 fully saturated rings. The molecular formula is C17H24N2O2. The summed E-state index contributed by atoms with van der Waals surface area (Å²) in [6.45, 7) is 6.44. The van der Waals surface area contributed by atoms with Crippen LogP contribution in [0.25, 0.3) is 0 Å². The van der Waals surface area contributed by atoms with Gasteiger partial charge in [-0.3, -0.25) is 9.59 Å². The molecule has 0 aromatic heterocycles. The summed E-state index contributed by atoms with van der Waals surface area (Å²) in [5, 5.41) is 2.94. The Bertz CT molecular complexity index is 519. The topological polar surface area (TPSA) is 49.4 Å².